The molecule has 2 fully saturated rings. The van der Waals surface area contributed by atoms with Crippen LogP contribution in [0.2, 0.25) is 5.02 Å². The average molecular weight is 404 g/mol. The fourth-order valence-electron chi connectivity index (χ4n) is 4.25. The highest BCUT2D eigenvalue weighted by Crippen LogP contribution is 2.31. The number of benzene rings is 1. The van der Waals surface area contributed by atoms with E-state index in [2.05, 4.69) is 29.1 Å². The van der Waals surface area contributed by atoms with Gasteiger partial charge in [-0.1, -0.05) is 11.6 Å². The van der Waals surface area contributed by atoms with Crippen LogP contribution in [0.25, 0.3) is 5.69 Å². The Bertz CT molecular complexity index is 851. The summed E-state index contributed by atoms with van der Waals surface area (Å²) < 4.78 is 7.69. The van der Waals surface area contributed by atoms with Crippen LogP contribution >= 0.6 is 11.6 Å². The van der Waals surface area contributed by atoms with E-state index >= 15 is 0 Å². The summed E-state index contributed by atoms with van der Waals surface area (Å²) in [5, 5.41) is 5.15. The number of fused-ring (bicyclic) bond motifs is 1. The zero-order valence-corrected chi connectivity index (χ0v) is 17.3. The van der Waals surface area contributed by atoms with Crippen LogP contribution in [-0.2, 0) is 4.74 Å². The summed E-state index contributed by atoms with van der Waals surface area (Å²) in [6, 6.07) is 7.93. The molecule has 1 aromatic carbocycles. The highest BCUT2D eigenvalue weighted by atomic mass is 35.5. The molecule has 1 amide bonds. The third-order valence-electron chi connectivity index (χ3n) is 5.82. The highest BCUT2D eigenvalue weighted by molar-refractivity contribution is 6.30. The monoisotopic (exact) mass is 403 g/mol. The van der Waals surface area contributed by atoms with Crippen LogP contribution in [0.4, 0.5) is 0 Å². The van der Waals surface area contributed by atoms with Gasteiger partial charge in [-0.25, -0.2) is 9.67 Å². The smallest absolute Gasteiger partial charge is 0.293 e. The van der Waals surface area contributed by atoms with Gasteiger partial charge < -0.3 is 14.5 Å². The van der Waals surface area contributed by atoms with Crippen molar-refractivity contribution in [2.45, 2.75) is 44.4 Å². The third kappa shape index (κ3) is 3.66. The molecule has 1 aromatic heterocycles. The molecule has 8 heteroatoms. The maximum absolute atomic E-state index is 13.2. The van der Waals surface area contributed by atoms with Crippen molar-refractivity contribution in [1.29, 1.82) is 0 Å². The van der Waals surface area contributed by atoms with Crippen LogP contribution in [0.3, 0.4) is 0 Å². The Labute approximate surface area is 170 Å². The molecule has 2 aromatic rings. The Morgan fingerprint density at radius 1 is 1.25 bits per heavy atom. The predicted octanol–water partition coefficient (Wildman–Crippen LogP) is 2.55. The van der Waals surface area contributed by atoms with Crippen LogP contribution in [0.5, 0.6) is 0 Å². The van der Waals surface area contributed by atoms with E-state index in [4.69, 9.17) is 16.3 Å². The minimum Gasteiger partial charge on any atom is -0.374 e. The van der Waals surface area contributed by atoms with Gasteiger partial charge in [-0.3, -0.25) is 4.79 Å². The summed E-state index contributed by atoms with van der Waals surface area (Å²) in [5.41, 5.74) is 0.833. The van der Waals surface area contributed by atoms with Crippen LogP contribution < -0.4 is 0 Å². The van der Waals surface area contributed by atoms with E-state index in [-0.39, 0.29) is 23.9 Å². The van der Waals surface area contributed by atoms with Gasteiger partial charge in [0.1, 0.15) is 5.82 Å². The maximum atomic E-state index is 13.2. The zero-order valence-electron chi connectivity index (χ0n) is 16.5. The van der Waals surface area contributed by atoms with Crippen LogP contribution in [0.1, 0.15) is 35.7 Å². The van der Waals surface area contributed by atoms with Crippen molar-refractivity contribution in [1.82, 2.24) is 24.6 Å². The molecule has 150 valence electrons. The Hall–Kier alpha value is -1.96. The second-order valence-electron chi connectivity index (χ2n) is 7.78. The standard InChI is InChI=1S/C20H26ClN5O2/c1-13-22-19(23-26(13)15-6-4-14(21)5-7-15)20(27)25-10-11-28-18-12-16(24(2)3)8-9-17(18)25/h4-7,16-18H,8-12H2,1-3H3/t16-,17+,18-/m1/s1. The van der Waals surface area contributed by atoms with Gasteiger partial charge in [-0.15, -0.1) is 5.10 Å². The first-order valence-electron chi connectivity index (χ1n) is 9.72. The van der Waals surface area contributed by atoms with Crippen molar-refractivity contribution in [3.63, 3.8) is 0 Å². The molecule has 0 unspecified atom stereocenters. The first-order valence-corrected chi connectivity index (χ1v) is 10.1. The molecule has 1 aliphatic heterocycles. The Kier molecular flexibility index (Phi) is 5.40. The number of amides is 1. The lowest BCUT2D eigenvalue weighted by atomic mass is 9.86. The number of rotatable bonds is 3. The average Bonchev–Trinajstić information content (AvgIpc) is 3.08. The van der Waals surface area contributed by atoms with Gasteiger partial charge in [0.15, 0.2) is 0 Å². The van der Waals surface area contributed by atoms with Crippen molar-refractivity contribution in [3.05, 3.63) is 40.9 Å². The molecule has 1 saturated carbocycles. The van der Waals surface area contributed by atoms with Gasteiger partial charge in [-0.05, 0) is 64.5 Å². The number of halogens is 1. The molecule has 7 nitrogen and oxygen atoms in total. The highest BCUT2D eigenvalue weighted by Gasteiger charge is 2.41. The van der Waals surface area contributed by atoms with E-state index in [0.717, 1.165) is 24.9 Å². The van der Waals surface area contributed by atoms with Gasteiger partial charge in [0.25, 0.3) is 5.91 Å². The topological polar surface area (TPSA) is 63.5 Å². The number of nitrogens with zero attached hydrogens (tertiary/aromatic N) is 5. The van der Waals surface area contributed by atoms with E-state index in [1.807, 2.05) is 24.0 Å². The second kappa shape index (κ2) is 7.81. The molecule has 28 heavy (non-hydrogen) atoms. The number of hydrogen-bond donors (Lipinski definition) is 0. The number of aryl methyl sites for hydroxylation is 1. The van der Waals surface area contributed by atoms with Crippen molar-refractivity contribution in [2.24, 2.45) is 0 Å². The summed E-state index contributed by atoms with van der Waals surface area (Å²) in [7, 11) is 4.21. The Balaban J connectivity index is 1.54. The lowest BCUT2D eigenvalue weighted by molar-refractivity contribution is -0.0879. The maximum Gasteiger partial charge on any atom is 0.293 e. The van der Waals surface area contributed by atoms with Gasteiger partial charge in [-0.2, -0.15) is 0 Å². The molecule has 0 N–H and O–H groups in total. The van der Waals surface area contributed by atoms with Gasteiger partial charge in [0.05, 0.1) is 24.4 Å². The van der Waals surface area contributed by atoms with E-state index in [1.54, 1.807) is 16.8 Å². The Morgan fingerprint density at radius 3 is 2.71 bits per heavy atom. The second-order valence-corrected chi connectivity index (χ2v) is 8.21. The van der Waals surface area contributed by atoms with Crippen LogP contribution in [0.15, 0.2) is 24.3 Å². The first kappa shape index (κ1) is 19.4. The lowest BCUT2D eigenvalue weighted by Crippen LogP contribution is -2.57. The summed E-state index contributed by atoms with van der Waals surface area (Å²) in [5.74, 6) is 0.798. The predicted molar refractivity (Wildman–Crippen MR) is 107 cm³/mol. The number of carbonyl (C=O) groups excluding carboxylic acids is 1. The lowest BCUT2D eigenvalue weighted by Gasteiger charge is -2.46. The molecule has 0 radical (unpaired) electrons. The van der Waals surface area contributed by atoms with Crippen molar-refractivity contribution >= 4 is 17.5 Å². The largest absolute Gasteiger partial charge is 0.374 e. The molecule has 1 aliphatic carbocycles. The number of morpholine rings is 1. The fourth-order valence-corrected chi connectivity index (χ4v) is 4.38. The fraction of sp³-hybridized carbons (Fsp3) is 0.550. The van der Waals surface area contributed by atoms with E-state index in [9.17, 15) is 4.79 Å². The van der Waals surface area contributed by atoms with Crippen LogP contribution in [0, 0.1) is 6.92 Å². The zero-order chi connectivity index (χ0) is 19.8. The number of carbonyl (C=O) groups is 1. The number of hydrogen-bond acceptors (Lipinski definition) is 5. The van der Waals surface area contributed by atoms with Crippen molar-refractivity contribution in [3.8, 4) is 5.69 Å². The van der Waals surface area contributed by atoms with Gasteiger partial charge in [0.2, 0.25) is 5.82 Å². The first-order chi connectivity index (χ1) is 13.4. The van der Waals surface area contributed by atoms with Crippen molar-refractivity contribution < 1.29 is 9.53 Å². The summed E-state index contributed by atoms with van der Waals surface area (Å²) in [4.78, 5) is 21.8. The molecule has 4 rings (SSSR count). The van der Waals surface area contributed by atoms with Gasteiger partial charge in [0, 0.05) is 17.6 Å². The van der Waals surface area contributed by atoms with E-state index in [0.29, 0.717) is 30.0 Å². The summed E-state index contributed by atoms with van der Waals surface area (Å²) >= 11 is 5.97. The molecule has 2 aliphatic rings. The normalized spacial score (nSPS) is 25.0. The number of ether oxygens (including phenoxy) is 1. The molecule has 0 spiro atoms. The third-order valence-corrected chi connectivity index (χ3v) is 6.07. The Morgan fingerprint density at radius 2 is 2.00 bits per heavy atom. The SMILES string of the molecule is Cc1nc(C(=O)N2CCO[C@@H]3C[C@H](N(C)C)CC[C@@H]32)nn1-c1ccc(Cl)cc1. The molecule has 1 saturated heterocycles. The van der Waals surface area contributed by atoms with Gasteiger partial charge >= 0.3 is 0 Å². The summed E-state index contributed by atoms with van der Waals surface area (Å²) in [6.07, 6.45) is 3.04. The molecule has 0 bridgehead atoms. The molecular weight excluding hydrogens is 378 g/mol. The number of aromatic nitrogens is 3. The van der Waals surface area contributed by atoms with E-state index in [1.165, 1.54) is 0 Å². The van der Waals surface area contributed by atoms with E-state index < -0.39 is 0 Å². The molecule has 3 atom stereocenters. The van der Waals surface area contributed by atoms with Crippen LogP contribution in [-0.4, -0.2) is 75.9 Å². The molecule has 2 heterocycles. The summed E-state index contributed by atoms with van der Waals surface area (Å²) in [6.45, 7) is 2.99. The minimum absolute atomic E-state index is 0.0818. The quantitative estimate of drug-likeness (QED) is 0.788. The van der Waals surface area contributed by atoms with Crippen molar-refractivity contribution in [2.75, 3.05) is 27.2 Å². The molecular formula is C20H26ClN5O2. The minimum atomic E-state index is -0.114.